The van der Waals surface area contributed by atoms with Gasteiger partial charge < -0.3 is 4.74 Å². The van der Waals surface area contributed by atoms with Crippen molar-refractivity contribution in [1.82, 2.24) is 9.66 Å². The molecular weight excluding hydrogens is 608 g/mol. The summed E-state index contributed by atoms with van der Waals surface area (Å²) in [6, 6.07) is 14.0. The second kappa shape index (κ2) is 12.0. The van der Waals surface area contributed by atoms with Crippen LogP contribution in [-0.4, -0.2) is 15.9 Å². The lowest BCUT2D eigenvalue weighted by atomic mass is 10.2. The number of fused-ring (bicyclic) bond motifs is 1. The highest BCUT2D eigenvalue weighted by Gasteiger charge is 2.13. The highest BCUT2D eigenvalue weighted by Crippen LogP contribution is 2.35. The van der Waals surface area contributed by atoms with Crippen molar-refractivity contribution in [3.05, 3.63) is 100 Å². The molecule has 4 rings (SSSR count). The molecule has 4 aromatic rings. The van der Waals surface area contributed by atoms with E-state index in [1.165, 1.54) is 10.9 Å². The van der Waals surface area contributed by atoms with Crippen molar-refractivity contribution in [2.24, 2.45) is 5.10 Å². The molecule has 0 N–H and O–H groups in total. The molecule has 0 fully saturated rings. The van der Waals surface area contributed by atoms with Crippen molar-refractivity contribution in [2.45, 2.75) is 32.8 Å². The van der Waals surface area contributed by atoms with Crippen LogP contribution in [0.15, 0.2) is 62.9 Å². The largest absolute Gasteiger partial charge is 0.486 e. The Balaban J connectivity index is 1.63. The number of benzene rings is 3. The molecule has 0 radical (unpaired) electrons. The summed E-state index contributed by atoms with van der Waals surface area (Å²) in [6.45, 7) is 2.29. The fourth-order valence-corrected chi connectivity index (χ4v) is 4.81. The molecule has 0 amide bonds. The third-order valence-corrected chi connectivity index (χ3v) is 7.13. The first kappa shape index (κ1) is 27.0. The van der Waals surface area contributed by atoms with E-state index in [0.29, 0.717) is 54.6 Å². The van der Waals surface area contributed by atoms with Crippen LogP contribution in [0.3, 0.4) is 0 Å². The number of aryl methyl sites for hydroxylation is 1. The quantitative estimate of drug-likeness (QED) is 0.184. The molecule has 5 nitrogen and oxygen atoms in total. The van der Waals surface area contributed by atoms with E-state index in [1.54, 1.807) is 36.4 Å². The van der Waals surface area contributed by atoms with Gasteiger partial charge in [-0.05, 0) is 60.0 Å². The Kier molecular flexibility index (Phi) is 8.96. The van der Waals surface area contributed by atoms with E-state index >= 15 is 0 Å². The Morgan fingerprint density at radius 2 is 1.75 bits per heavy atom. The lowest BCUT2D eigenvalue weighted by Gasteiger charge is -2.12. The van der Waals surface area contributed by atoms with Crippen LogP contribution in [0, 0.1) is 0 Å². The Labute approximate surface area is 236 Å². The van der Waals surface area contributed by atoms with Gasteiger partial charge >= 0.3 is 0 Å². The maximum absolute atomic E-state index is 13.2. The Hall–Kier alpha value is -2.09. The molecular formula is C26H20BrCl4N3O2. The van der Waals surface area contributed by atoms with Gasteiger partial charge in [0.1, 0.15) is 12.4 Å². The average Bonchev–Trinajstić information content (AvgIpc) is 2.84. The average molecular weight is 628 g/mol. The predicted molar refractivity (Wildman–Crippen MR) is 153 cm³/mol. The fraction of sp³-hybridized carbons (Fsp3) is 0.192. The van der Waals surface area contributed by atoms with Crippen LogP contribution < -0.4 is 10.3 Å². The topological polar surface area (TPSA) is 56.5 Å². The van der Waals surface area contributed by atoms with Crippen LogP contribution >= 0.6 is 62.3 Å². The zero-order valence-corrected chi connectivity index (χ0v) is 23.7. The molecule has 0 spiro atoms. The maximum Gasteiger partial charge on any atom is 0.282 e. The second-order valence-corrected chi connectivity index (χ2v) is 10.5. The van der Waals surface area contributed by atoms with Gasteiger partial charge in [-0.15, -0.1) is 0 Å². The van der Waals surface area contributed by atoms with E-state index in [0.717, 1.165) is 22.9 Å². The van der Waals surface area contributed by atoms with Gasteiger partial charge in [-0.3, -0.25) is 4.79 Å². The Morgan fingerprint density at radius 3 is 2.44 bits per heavy atom. The molecule has 0 saturated heterocycles. The summed E-state index contributed by atoms with van der Waals surface area (Å²) in [5.41, 5.74) is 1.81. The maximum atomic E-state index is 13.2. The zero-order chi connectivity index (χ0) is 25.8. The third-order valence-electron chi connectivity index (χ3n) is 5.34. The number of ether oxygens (including phenoxy) is 1. The fourth-order valence-electron chi connectivity index (χ4n) is 3.51. The molecule has 1 heterocycles. The number of aromatic nitrogens is 2. The molecule has 36 heavy (non-hydrogen) atoms. The first-order valence-electron chi connectivity index (χ1n) is 11.1. The third kappa shape index (κ3) is 6.24. The SMILES string of the molecule is CCCCc1nc2ccc(Br)cc2c(=O)n1N=Cc1cc(Cl)c(OCc2ccc(Cl)c(Cl)c2)c(Cl)c1. The number of rotatable bonds is 8. The van der Waals surface area contributed by atoms with Crippen LogP contribution in [0.1, 0.15) is 36.7 Å². The first-order chi connectivity index (χ1) is 17.3. The van der Waals surface area contributed by atoms with Gasteiger partial charge in [0.2, 0.25) is 0 Å². The minimum Gasteiger partial charge on any atom is -0.486 e. The number of hydrogen-bond donors (Lipinski definition) is 0. The lowest BCUT2D eigenvalue weighted by Crippen LogP contribution is -2.22. The second-order valence-electron chi connectivity index (χ2n) is 8.01. The number of hydrogen-bond acceptors (Lipinski definition) is 4. The molecule has 3 aromatic carbocycles. The standard InChI is InChI=1S/C26H20BrCl4N3O2/c1-2-3-4-24-33-23-8-6-17(27)12-18(23)26(35)34(24)32-13-16-10-21(30)25(22(31)11-16)36-14-15-5-7-19(28)20(29)9-15/h5-13H,2-4,14H2,1H3. The van der Waals surface area contributed by atoms with Gasteiger partial charge in [0.15, 0.2) is 5.75 Å². The summed E-state index contributed by atoms with van der Waals surface area (Å²) in [5, 5.41) is 6.44. The van der Waals surface area contributed by atoms with Crippen LogP contribution in [0.4, 0.5) is 0 Å². The molecule has 1 aromatic heterocycles. The molecule has 0 atom stereocenters. The van der Waals surface area contributed by atoms with Crippen molar-refractivity contribution < 1.29 is 4.74 Å². The van der Waals surface area contributed by atoms with Crippen molar-refractivity contribution in [3.63, 3.8) is 0 Å². The molecule has 0 bridgehead atoms. The van der Waals surface area contributed by atoms with Gasteiger partial charge in [0.25, 0.3) is 5.56 Å². The van der Waals surface area contributed by atoms with Gasteiger partial charge in [-0.25, -0.2) is 4.98 Å². The molecule has 0 aliphatic carbocycles. The van der Waals surface area contributed by atoms with Crippen molar-refractivity contribution in [1.29, 1.82) is 0 Å². The summed E-state index contributed by atoms with van der Waals surface area (Å²) in [5.74, 6) is 0.922. The summed E-state index contributed by atoms with van der Waals surface area (Å²) in [6.07, 6.45) is 4.00. The highest BCUT2D eigenvalue weighted by atomic mass is 79.9. The summed E-state index contributed by atoms with van der Waals surface area (Å²) in [7, 11) is 0. The van der Waals surface area contributed by atoms with Gasteiger partial charge in [-0.1, -0.05) is 81.7 Å². The normalized spacial score (nSPS) is 11.5. The minimum absolute atomic E-state index is 0.207. The smallest absolute Gasteiger partial charge is 0.282 e. The highest BCUT2D eigenvalue weighted by molar-refractivity contribution is 9.10. The number of unbranched alkanes of at least 4 members (excludes halogenated alkanes) is 1. The van der Waals surface area contributed by atoms with E-state index in [4.69, 9.17) is 51.1 Å². The lowest BCUT2D eigenvalue weighted by molar-refractivity contribution is 0.306. The molecule has 0 unspecified atom stereocenters. The molecule has 186 valence electrons. The monoisotopic (exact) mass is 625 g/mol. The van der Waals surface area contributed by atoms with Crippen molar-refractivity contribution in [3.8, 4) is 5.75 Å². The molecule has 0 saturated carbocycles. The van der Waals surface area contributed by atoms with Crippen molar-refractivity contribution >= 4 is 79.5 Å². The van der Waals surface area contributed by atoms with Crippen LogP contribution in [0.5, 0.6) is 5.75 Å². The summed E-state index contributed by atoms with van der Waals surface area (Å²) in [4.78, 5) is 17.9. The summed E-state index contributed by atoms with van der Waals surface area (Å²) >= 11 is 28.4. The van der Waals surface area contributed by atoms with E-state index in [9.17, 15) is 4.79 Å². The zero-order valence-electron chi connectivity index (χ0n) is 19.1. The summed E-state index contributed by atoms with van der Waals surface area (Å²) < 4.78 is 7.96. The van der Waals surface area contributed by atoms with E-state index in [-0.39, 0.29) is 12.2 Å². The minimum atomic E-state index is -0.248. The molecule has 0 aliphatic rings. The number of halogens is 5. The van der Waals surface area contributed by atoms with E-state index in [2.05, 4.69) is 32.9 Å². The van der Waals surface area contributed by atoms with Gasteiger partial charge in [0.05, 0.1) is 37.2 Å². The van der Waals surface area contributed by atoms with Crippen LogP contribution in [-0.2, 0) is 13.0 Å². The molecule has 0 aliphatic heterocycles. The van der Waals surface area contributed by atoms with E-state index < -0.39 is 0 Å². The van der Waals surface area contributed by atoms with Gasteiger partial charge in [0, 0.05) is 10.9 Å². The van der Waals surface area contributed by atoms with Crippen LogP contribution in [0.2, 0.25) is 20.1 Å². The van der Waals surface area contributed by atoms with Crippen molar-refractivity contribution in [2.75, 3.05) is 0 Å². The molecule has 10 heteroatoms. The van der Waals surface area contributed by atoms with Crippen LogP contribution in [0.25, 0.3) is 10.9 Å². The first-order valence-corrected chi connectivity index (χ1v) is 13.4. The Morgan fingerprint density at radius 1 is 1.00 bits per heavy atom. The van der Waals surface area contributed by atoms with E-state index in [1.807, 2.05) is 12.1 Å². The van der Waals surface area contributed by atoms with Gasteiger partial charge in [-0.2, -0.15) is 9.78 Å². The predicted octanol–water partition coefficient (Wildman–Crippen LogP) is 8.58. The number of nitrogens with zero attached hydrogens (tertiary/aromatic N) is 3. The Bertz CT molecular complexity index is 1500.